The van der Waals surface area contributed by atoms with E-state index in [1.165, 1.54) is 17.8 Å². The Morgan fingerprint density at radius 3 is 2.71 bits per heavy atom. The van der Waals surface area contributed by atoms with Crippen molar-refractivity contribution < 1.29 is 9.53 Å². The standard InChI is InChI=1S/C16H20N2O2S/c1-9-5-10(2)7-12(6-9)20-15(19)11-3-4-13-14(8-11)21-16(17)18-13/h3-4,8-10,12H,5-7H2,1-2H3,(H2,17,18). The van der Waals surface area contributed by atoms with Gasteiger partial charge in [0.05, 0.1) is 15.8 Å². The van der Waals surface area contributed by atoms with Gasteiger partial charge in [0, 0.05) is 0 Å². The second-order valence-electron chi connectivity index (χ2n) is 6.18. The third-order valence-corrected chi connectivity index (χ3v) is 4.90. The quantitative estimate of drug-likeness (QED) is 0.856. The number of nitrogens with zero attached hydrogens (tertiary/aromatic N) is 1. The molecule has 1 aliphatic rings. The molecular formula is C16H20N2O2S. The van der Waals surface area contributed by atoms with E-state index >= 15 is 0 Å². The maximum Gasteiger partial charge on any atom is 0.338 e. The number of nitrogens with two attached hydrogens (primary N) is 1. The van der Waals surface area contributed by atoms with E-state index < -0.39 is 0 Å². The smallest absolute Gasteiger partial charge is 0.338 e. The Bertz CT molecular complexity index is 657. The highest BCUT2D eigenvalue weighted by molar-refractivity contribution is 7.22. The van der Waals surface area contributed by atoms with Crippen molar-refractivity contribution >= 4 is 32.7 Å². The minimum absolute atomic E-state index is 0.0403. The van der Waals surface area contributed by atoms with Crippen LogP contribution in [0.2, 0.25) is 0 Å². The first-order valence-electron chi connectivity index (χ1n) is 7.38. The summed E-state index contributed by atoms with van der Waals surface area (Å²) in [4.78, 5) is 16.5. The van der Waals surface area contributed by atoms with Gasteiger partial charge in [-0.3, -0.25) is 0 Å². The lowest BCUT2D eigenvalue weighted by atomic mass is 9.82. The average molecular weight is 304 g/mol. The Hall–Kier alpha value is -1.62. The number of ether oxygens (including phenoxy) is 1. The van der Waals surface area contributed by atoms with E-state index in [0.29, 0.717) is 22.5 Å². The topological polar surface area (TPSA) is 65.2 Å². The highest BCUT2D eigenvalue weighted by Crippen LogP contribution is 2.31. The van der Waals surface area contributed by atoms with Crippen LogP contribution < -0.4 is 5.73 Å². The average Bonchev–Trinajstić information content (AvgIpc) is 2.76. The maximum absolute atomic E-state index is 12.3. The van der Waals surface area contributed by atoms with Crippen LogP contribution in [0.15, 0.2) is 18.2 Å². The molecule has 2 N–H and O–H groups in total. The molecule has 21 heavy (non-hydrogen) atoms. The van der Waals surface area contributed by atoms with Crippen LogP contribution in [0, 0.1) is 11.8 Å². The van der Waals surface area contributed by atoms with Gasteiger partial charge in [-0.25, -0.2) is 9.78 Å². The third-order valence-electron chi connectivity index (χ3n) is 4.05. The summed E-state index contributed by atoms with van der Waals surface area (Å²) in [5.74, 6) is 1.00. The molecule has 2 aromatic rings. The number of fused-ring (bicyclic) bond motifs is 1. The monoisotopic (exact) mass is 304 g/mol. The first-order valence-corrected chi connectivity index (χ1v) is 8.20. The van der Waals surface area contributed by atoms with Crippen molar-refractivity contribution in [1.82, 2.24) is 4.98 Å². The summed E-state index contributed by atoms with van der Waals surface area (Å²) in [6.07, 6.45) is 3.19. The number of hydrogen-bond acceptors (Lipinski definition) is 5. The first-order chi connectivity index (χ1) is 10.0. The fourth-order valence-electron chi connectivity index (χ4n) is 3.26. The van der Waals surface area contributed by atoms with Gasteiger partial charge in [-0.15, -0.1) is 0 Å². The lowest BCUT2D eigenvalue weighted by Crippen LogP contribution is -2.28. The first kappa shape index (κ1) is 14.3. The highest BCUT2D eigenvalue weighted by Gasteiger charge is 2.27. The largest absolute Gasteiger partial charge is 0.459 e. The predicted octanol–water partition coefficient (Wildman–Crippen LogP) is 3.86. The Morgan fingerprint density at radius 1 is 1.29 bits per heavy atom. The fraction of sp³-hybridized carbons (Fsp3) is 0.500. The summed E-state index contributed by atoms with van der Waals surface area (Å²) < 4.78 is 6.61. The van der Waals surface area contributed by atoms with Gasteiger partial charge in [0.25, 0.3) is 0 Å². The van der Waals surface area contributed by atoms with Crippen LogP contribution in [0.5, 0.6) is 0 Å². The van der Waals surface area contributed by atoms with E-state index in [2.05, 4.69) is 18.8 Å². The molecule has 1 aliphatic carbocycles. The van der Waals surface area contributed by atoms with Crippen molar-refractivity contribution in [1.29, 1.82) is 0 Å². The summed E-state index contributed by atoms with van der Waals surface area (Å²) in [6.45, 7) is 4.45. The number of anilines is 1. The molecule has 0 saturated heterocycles. The zero-order valence-electron chi connectivity index (χ0n) is 12.3. The second kappa shape index (κ2) is 5.64. The van der Waals surface area contributed by atoms with Crippen molar-refractivity contribution in [3.05, 3.63) is 23.8 Å². The molecule has 2 atom stereocenters. The van der Waals surface area contributed by atoms with Crippen LogP contribution in [0.3, 0.4) is 0 Å². The normalized spacial score (nSPS) is 25.9. The number of hydrogen-bond donors (Lipinski definition) is 1. The zero-order chi connectivity index (χ0) is 15.0. The van der Waals surface area contributed by atoms with E-state index in [9.17, 15) is 4.79 Å². The fourth-order valence-corrected chi connectivity index (χ4v) is 4.03. The van der Waals surface area contributed by atoms with E-state index in [1.54, 1.807) is 6.07 Å². The lowest BCUT2D eigenvalue weighted by molar-refractivity contribution is 0.00808. The molecule has 0 spiro atoms. The van der Waals surface area contributed by atoms with Crippen LogP contribution in [0.4, 0.5) is 5.13 Å². The molecule has 0 aliphatic heterocycles. The number of nitrogen functional groups attached to an aromatic ring is 1. The van der Waals surface area contributed by atoms with Crippen molar-refractivity contribution in [2.75, 3.05) is 5.73 Å². The molecule has 0 bridgehead atoms. The van der Waals surface area contributed by atoms with E-state index in [4.69, 9.17) is 10.5 Å². The third kappa shape index (κ3) is 3.18. The molecule has 112 valence electrons. The molecule has 2 unspecified atom stereocenters. The minimum Gasteiger partial charge on any atom is -0.459 e. The number of carbonyl (C=O) groups is 1. The molecule has 1 aromatic carbocycles. The molecular weight excluding hydrogens is 284 g/mol. The van der Waals surface area contributed by atoms with Gasteiger partial charge in [0.2, 0.25) is 0 Å². The van der Waals surface area contributed by atoms with Crippen LogP contribution in [-0.4, -0.2) is 17.1 Å². The van der Waals surface area contributed by atoms with Crippen LogP contribution in [0.25, 0.3) is 10.2 Å². The van der Waals surface area contributed by atoms with Gasteiger partial charge in [-0.05, 0) is 49.3 Å². The Labute approximate surface area is 128 Å². The number of aromatic nitrogens is 1. The second-order valence-corrected chi connectivity index (χ2v) is 7.24. The predicted molar refractivity (Wildman–Crippen MR) is 85.4 cm³/mol. The number of thiazole rings is 1. The lowest BCUT2D eigenvalue weighted by Gasteiger charge is -2.31. The van der Waals surface area contributed by atoms with E-state index in [1.807, 2.05) is 12.1 Å². The van der Waals surface area contributed by atoms with E-state index in [-0.39, 0.29) is 12.1 Å². The number of carbonyl (C=O) groups excluding carboxylic acids is 1. The molecule has 4 nitrogen and oxygen atoms in total. The van der Waals surface area contributed by atoms with Crippen molar-refractivity contribution in [2.24, 2.45) is 11.8 Å². The van der Waals surface area contributed by atoms with Gasteiger partial charge >= 0.3 is 5.97 Å². The summed E-state index contributed by atoms with van der Waals surface area (Å²) in [5.41, 5.74) is 7.10. The van der Waals surface area contributed by atoms with Crippen LogP contribution in [0.1, 0.15) is 43.5 Å². The molecule has 0 radical (unpaired) electrons. The summed E-state index contributed by atoms with van der Waals surface area (Å²) in [5, 5.41) is 0.519. The zero-order valence-corrected chi connectivity index (χ0v) is 13.2. The Balaban J connectivity index is 1.74. The Kier molecular flexibility index (Phi) is 3.85. The van der Waals surface area contributed by atoms with Crippen molar-refractivity contribution in [3.8, 4) is 0 Å². The van der Waals surface area contributed by atoms with E-state index in [0.717, 1.165) is 23.1 Å². The molecule has 1 saturated carbocycles. The van der Waals surface area contributed by atoms with Crippen molar-refractivity contribution in [3.63, 3.8) is 0 Å². The molecule has 0 amide bonds. The number of esters is 1. The van der Waals surface area contributed by atoms with Crippen LogP contribution in [-0.2, 0) is 4.74 Å². The highest BCUT2D eigenvalue weighted by atomic mass is 32.1. The van der Waals surface area contributed by atoms with Gasteiger partial charge in [0.1, 0.15) is 6.10 Å². The Morgan fingerprint density at radius 2 is 2.00 bits per heavy atom. The summed E-state index contributed by atoms with van der Waals surface area (Å²) in [6, 6.07) is 5.41. The molecule has 3 rings (SSSR count). The van der Waals surface area contributed by atoms with Gasteiger partial charge in [-0.2, -0.15) is 0 Å². The van der Waals surface area contributed by atoms with Gasteiger partial charge in [0.15, 0.2) is 5.13 Å². The minimum atomic E-state index is -0.241. The van der Waals surface area contributed by atoms with Gasteiger partial charge < -0.3 is 10.5 Å². The maximum atomic E-state index is 12.3. The molecule has 1 aromatic heterocycles. The van der Waals surface area contributed by atoms with Crippen LogP contribution >= 0.6 is 11.3 Å². The van der Waals surface area contributed by atoms with Gasteiger partial charge in [-0.1, -0.05) is 25.2 Å². The summed E-state index contributed by atoms with van der Waals surface area (Å²) in [7, 11) is 0. The summed E-state index contributed by atoms with van der Waals surface area (Å²) >= 11 is 1.39. The molecule has 1 fully saturated rings. The molecule has 5 heteroatoms. The number of rotatable bonds is 2. The number of benzene rings is 1. The molecule has 1 heterocycles. The van der Waals surface area contributed by atoms with Crippen molar-refractivity contribution in [2.45, 2.75) is 39.2 Å². The SMILES string of the molecule is CC1CC(C)CC(OC(=O)c2ccc3nc(N)sc3c2)C1.